The van der Waals surface area contributed by atoms with Gasteiger partial charge < -0.3 is 10.1 Å². The van der Waals surface area contributed by atoms with Crippen LogP contribution in [0, 0.1) is 0 Å². The van der Waals surface area contributed by atoms with Crippen LogP contribution < -0.4 is 5.32 Å². The maximum absolute atomic E-state index is 6.04. The first kappa shape index (κ1) is 12.5. The normalized spacial score (nSPS) is 17.2. The van der Waals surface area contributed by atoms with Crippen LogP contribution in [0.2, 0.25) is 5.02 Å². The largest absolute Gasteiger partial charge is 0.496 e. The van der Waals surface area contributed by atoms with Crippen molar-refractivity contribution in [3.8, 4) is 0 Å². The minimum atomic E-state index is 0.124. The Balaban J connectivity index is 2.24. The molecular formula is C14H18ClNO. The van der Waals surface area contributed by atoms with E-state index >= 15 is 0 Å². The van der Waals surface area contributed by atoms with Crippen LogP contribution in [-0.4, -0.2) is 13.2 Å². The van der Waals surface area contributed by atoms with E-state index in [-0.39, 0.29) is 6.04 Å². The summed E-state index contributed by atoms with van der Waals surface area (Å²) in [6.45, 7) is 3.81. The molecule has 0 saturated carbocycles. The molecule has 1 aliphatic rings. The molecule has 1 aliphatic heterocycles. The van der Waals surface area contributed by atoms with E-state index in [2.05, 4.69) is 24.4 Å². The average Bonchev–Trinajstić information content (AvgIpc) is 2.37. The van der Waals surface area contributed by atoms with Crippen molar-refractivity contribution in [2.75, 3.05) is 13.2 Å². The Morgan fingerprint density at radius 3 is 3.00 bits per heavy atom. The van der Waals surface area contributed by atoms with Gasteiger partial charge in [-0.25, -0.2) is 0 Å². The van der Waals surface area contributed by atoms with E-state index in [0.29, 0.717) is 0 Å². The molecule has 17 heavy (non-hydrogen) atoms. The third-order valence-corrected chi connectivity index (χ3v) is 3.07. The second-order valence-electron chi connectivity index (χ2n) is 4.14. The zero-order valence-corrected chi connectivity index (χ0v) is 10.8. The number of allylic oxidation sites excluding steroid dienone is 1. The number of likely N-dealkylation sites (N-methyl/N-ethyl adjacent to an activating group) is 1. The Kier molecular flexibility index (Phi) is 4.46. The Labute approximate surface area is 108 Å². The molecule has 2 nitrogen and oxygen atoms in total. The number of ether oxygens (including phenoxy) is 1. The van der Waals surface area contributed by atoms with Crippen molar-refractivity contribution in [2.45, 2.75) is 25.8 Å². The lowest BCUT2D eigenvalue weighted by Crippen LogP contribution is -2.25. The van der Waals surface area contributed by atoms with Crippen LogP contribution in [0.1, 0.15) is 31.4 Å². The Morgan fingerprint density at radius 1 is 1.47 bits per heavy atom. The van der Waals surface area contributed by atoms with Gasteiger partial charge >= 0.3 is 0 Å². The van der Waals surface area contributed by atoms with Gasteiger partial charge in [-0.3, -0.25) is 0 Å². The molecule has 2 rings (SSSR count). The number of hydrogen-bond acceptors (Lipinski definition) is 2. The first-order valence-corrected chi connectivity index (χ1v) is 6.50. The molecule has 1 aromatic rings. The minimum absolute atomic E-state index is 0.124. The predicted molar refractivity (Wildman–Crippen MR) is 71.1 cm³/mol. The highest BCUT2D eigenvalue weighted by atomic mass is 35.5. The van der Waals surface area contributed by atoms with E-state index in [4.69, 9.17) is 16.3 Å². The first-order chi connectivity index (χ1) is 8.31. The maximum Gasteiger partial charge on any atom is 0.113 e. The van der Waals surface area contributed by atoms with Crippen molar-refractivity contribution in [2.24, 2.45) is 0 Å². The molecule has 0 aromatic heterocycles. The van der Waals surface area contributed by atoms with Crippen molar-refractivity contribution in [1.82, 2.24) is 5.32 Å². The average molecular weight is 252 g/mol. The van der Waals surface area contributed by atoms with Gasteiger partial charge in [-0.15, -0.1) is 0 Å². The van der Waals surface area contributed by atoms with Crippen LogP contribution >= 0.6 is 11.6 Å². The molecular weight excluding hydrogens is 234 g/mol. The third-order valence-electron chi connectivity index (χ3n) is 2.84. The standard InChI is InChI=1S/C14H18ClNO/c1-2-16-14(13-8-3-4-9-17-13)11-6-5-7-12(15)10-11/h5-8,10,14,16H,2-4,9H2,1H3. The van der Waals surface area contributed by atoms with Crippen LogP contribution in [-0.2, 0) is 4.74 Å². The molecule has 1 heterocycles. The Hall–Kier alpha value is -0.990. The van der Waals surface area contributed by atoms with Gasteiger partial charge in [0.1, 0.15) is 5.76 Å². The lowest BCUT2D eigenvalue weighted by Gasteiger charge is -2.25. The van der Waals surface area contributed by atoms with Gasteiger partial charge in [-0.05, 0) is 43.2 Å². The van der Waals surface area contributed by atoms with E-state index < -0.39 is 0 Å². The predicted octanol–water partition coefficient (Wildman–Crippen LogP) is 3.68. The summed E-state index contributed by atoms with van der Waals surface area (Å²) >= 11 is 6.04. The molecule has 0 saturated heterocycles. The molecule has 3 heteroatoms. The number of hydrogen-bond donors (Lipinski definition) is 1. The number of halogens is 1. The Bertz CT molecular complexity index is 403. The monoisotopic (exact) mass is 251 g/mol. The first-order valence-electron chi connectivity index (χ1n) is 6.13. The molecule has 0 amide bonds. The summed E-state index contributed by atoms with van der Waals surface area (Å²) in [5.74, 6) is 1.03. The van der Waals surface area contributed by atoms with Gasteiger partial charge in [0.15, 0.2) is 0 Å². The molecule has 1 aromatic carbocycles. The summed E-state index contributed by atoms with van der Waals surface area (Å²) in [5.41, 5.74) is 1.16. The topological polar surface area (TPSA) is 21.3 Å². The summed E-state index contributed by atoms with van der Waals surface area (Å²) in [6.07, 6.45) is 4.38. The summed E-state index contributed by atoms with van der Waals surface area (Å²) in [7, 11) is 0. The van der Waals surface area contributed by atoms with Crippen LogP contribution in [0.15, 0.2) is 36.1 Å². The van der Waals surface area contributed by atoms with Gasteiger partial charge in [-0.2, -0.15) is 0 Å². The van der Waals surface area contributed by atoms with Crippen molar-refractivity contribution in [3.05, 3.63) is 46.7 Å². The van der Waals surface area contributed by atoms with E-state index in [1.807, 2.05) is 18.2 Å². The van der Waals surface area contributed by atoms with Crippen LogP contribution in [0.5, 0.6) is 0 Å². The molecule has 0 radical (unpaired) electrons. The lowest BCUT2D eigenvalue weighted by molar-refractivity contribution is 0.168. The van der Waals surface area contributed by atoms with Crippen molar-refractivity contribution >= 4 is 11.6 Å². The molecule has 0 aliphatic carbocycles. The highest BCUT2D eigenvalue weighted by Gasteiger charge is 2.18. The van der Waals surface area contributed by atoms with Crippen molar-refractivity contribution in [3.63, 3.8) is 0 Å². The van der Waals surface area contributed by atoms with E-state index in [1.165, 1.54) is 0 Å². The Morgan fingerprint density at radius 2 is 2.35 bits per heavy atom. The van der Waals surface area contributed by atoms with Crippen LogP contribution in [0.3, 0.4) is 0 Å². The van der Waals surface area contributed by atoms with Crippen LogP contribution in [0.4, 0.5) is 0 Å². The fourth-order valence-electron chi connectivity index (χ4n) is 2.05. The SMILES string of the molecule is CCNC(C1=CCCCO1)c1cccc(Cl)c1. The molecule has 92 valence electrons. The molecule has 1 unspecified atom stereocenters. The maximum atomic E-state index is 6.04. The van der Waals surface area contributed by atoms with Gasteiger partial charge in [0.25, 0.3) is 0 Å². The van der Waals surface area contributed by atoms with E-state index in [9.17, 15) is 0 Å². The fourth-order valence-corrected chi connectivity index (χ4v) is 2.25. The molecule has 1 N–H and O–H groups in total. The molecule has 1 atom stereocenters. The van der Waals surface area contributed by atoms with Gasteiger partial charge in [0.2, 0.25) is 0 Å². The fraction of sp³-hybridized carbons (Fsp3) is 0.429. The third kappa shape index (κ3) is 3.24. The number of benzene rings is 1. The van der Waals surface area contributed by atoms with E-state index in [0.717, 1.165) is 42.3 Å². The second kappa shape index (κ2) is 6.08. The summed E-state index contributed by atoms with van der Waals surface area (Å²) in [5, 5.41) is 4.21. The summed E-state index contributed by atoms with van der Waals surface area (Å²) in [4.78, 5) is 0. The highest BCUT2D eigenvalue weighted by Crippen LogP contribution is 2.27. The molecule has 0 fully saturated rings. The summed E-state index contributed by atoms with van der Waals surface area (Å²) in [6, 6.07) is 8.07. The zero-order chi connectivity index (χ0) is 12.1. The number of rotatable bonds is 4. The quantitative estimate of drug-likeness (QED) is 0.881. The van der Waals surface area contributed by atoms with Crippen molar-refractivity contribution < 1.29 is 4.74 Å². The van der Waals surface area contributed by atoms with Crippen LogP contribution in [0.25, 0.3) is 0 Å². The molecule has 0 spiro atoms. The van der Waals surface area contributed by atoms with Crippen molar-refractivity contribution in [1.29, 1.82) is 0 Å². The highest BCUT2D eigenvalue weighted by molar-refractivity contribution is 6.30. The summed E-state index contributed by atoms with van der Waals surface area (Å²) < 4.78 is 5.74. The molecule has 0 bridgehead atoms. The number of nitrogens with one attached hydrogen (secondary N) is 1. The van der Waals surface area contributed by atoms with Gasteiger partial charge in [-0.1, -0.05) is 30.7 Å². The minimum Gasteiger partial charge on any atom is -0.496 e. The van der Waals surface area contributed by atoms with Gasteiger partial charge in [0, 0.05) is 5.02 Å². The zero-order valence-electron chi connectivity index (χ0n) is 10.1. The second-order valence-corrected chi connectivity index (χ2v) is 4.58. The smallest absolute Gasteiger partial charge is 0.113 e. The lowest BCUT2D eigenvalue weighted by atomic mass is 10.0. The van der Waals surface area contributed by atoms with Gasteiger partial charge in [0.05, 0.1) is 12.6 Å². The van der Waals surface area contributed by atoms with E-state index in [1.54, 1.807) is 0 Å².